The molecule has 0 aromatic heterocycles. The first-order chi connectivity index (χ1) is 6.95. The highest BCUT2D eigenvalue weighted by atomic mass is 32.2. The lowest BCUT2D eigenvalue weighted by Gasteiger charge is -2.24. The molecular formula is C9H16N2O2S. The molecule has 1 N–H and O–H groups in total. The van der Waals surface area contributed by atoms with Gasteiger partial charge in [-0.05, 0) is 6.42 Å². The first-order valence-electron chi connectivity index (χ1n) is 5.05. The third-order valence-corrected chi connectivity index (χ3v) is 3.20. The number of hydrogen-bond donors (Lipinski definition) is 1. The van der Waals surface area contributed by atoms with E-state index in [0.29, 0.717) is 13.2 Å². The molecule has 0 aromatic rings. The molecule has 0 amide bonds. The van der Waals surface area contributed by atoms with Crippen LogP contribution < -0.4 is 5.32 Å². The van der Waals surface area contributed by atoms with Crippen molar-refractivity contribution in [1.82, 2.24) is 5.32 Å². The maximum atomic E-state index is 5.52. The Morgan fingerprint density at radius 3 is 3.21 bits per heavy atom. The molecule has 80 valence electrons. The van der Waals surface area contributed by atoms with Crippen LogP contribution >= 0.6 is 11.8 Å². The van der Waals surface area contributed by atoms with Crippen LogP contribution in [0.4, 0.5) is 0 Å². The minimum atomic E-state index is 0.189. The SMILES string of the molecule is C1CN=C(NCC2COCCO2)SC1. The molecule has 0 saturated carbocycles. The molecule has 4 nitrogen and oxygen atoms in total. The van der Waals surface area contributed by atoms with Crippen LogP contribution in [0, 0.1) is 0 Å². The summed E-state index contributed by atoms with van der Waals surface area (Å²) in [4.78, 5) is 4.39. The molecule has 1 fully saturated rings. The van der Waals surface area contributed by atoms with Gasteiger partial charge >= 0.3 is 0 Å². The Balaban J connectivity index is 1.67. The van der Waals surface area contributed by atoms with Gasteiger partial charge in [0.1, 0.15) is 0 Å². The molecule has 0 radical (unpaired) electrons. The van der Waals surface area contributed by atoms with E-state index in [1.165, 1.54) is 12.2 Å². The van der Waals surface area contributed by atoms with Gasteiger partial charge in [0, 0.05) is 18.8 Å². The van der Waals surface area contributed by atoms with Gasteiger partial charge in [0.15, 0.2) is 5.17 Å². The highest BCUT2D eigenvalue weighted by Gasteiger charge is 2.15. The maximum absolute atomic E-state index is 5.52. The Morgan fingerprint density at radius 2 is 2.50 bits per heavy atom. The number of nitrogens with one attached hydrogen (secondary N) is 1. The minimum Gasteiger partial charge on any atom is -0.376 e. The molecule has 0 spiro atoms. The summed E-state index contributed by atoms with van der Waals surface area (Å²) in [5.41, 5.74) is 0. The van der Waals surface area contributed by atoms with Crippen LogP contribution in [0.15, 0.2) is 4.99 Å². The highest BCUT2D eigenvalue weighted by Crippen LogP contribution is 2.10. The Morgan fingerprint density at radius 1 is 1.50 bits per heavy atom. The molecule has 1 unspecified atom stereocenters. The molecule has 1 atom stereocenters. The quantitative estimate of drug-likeness (QED) is 0.729. The number of hydrogen-bond acceptors (Lipinski definition) is 5. The Bertz CT molecular complexity index is 205. The van der Waals surface area contributed by atoms with E-state index in [0.717, 1.165) is 24.9 Å². The molecule has 0 aliphatic carbocycles. The number of amidine groups is 1. The first kappa shape index (κ1) is 10.3. The van der Waals surface area contributed by atoms with Crippen molar-refractivity contribution in [2.75, 3.05) is 38.7 Å². The fourth-order valence-electron chi connectivity index (χ4n) is 1.42. The molecule has 5 heteroatoms. The van der Waals surface area contributed by atoms with E-state index in [1.54, 1.807) is 11.8 Å². The standard InChI is InChI=1S/C9H16N2O2S/c1-2-10-9(14-5-1)11-6-8-7-12-3-4-13-8/h8H,1-7H2,(H,10,11). The van der Waals surface area contributed by atoms with Gasteiger partial charge in [-0.2, -0.15) is 0 Å². The van der Waals surface area contributed by atoms with E-state index < -0.39 is 0 Å². The lowest BCUT2D eigenvalue weighted by Crippen LogP contribution is -2.39. The van der Waals surface area contributed by atoms with Crippen molar-refractivity contribution in [2.45, 2.75) is 12.5 Å². The first-order valence-corrected chi connectivity index (χ1v) is 6.04. The van der Waals surface area contributed by atoms with Crippen LogP contribution in [0.1, 0.15) is 6.42 Å². The van der Waals surface area contributed by atoms with Crippen molar-refractivity contribution in [3.8, 4) is 0 Å². The highest BCUT2D eigenvalue weighted by molar-refractivity contribution is 8.13. The number of rotatable bonds is 2. The summed E-state index contributed by atoms with van der Waals surface area (Å²) in [6.45, 7) is 3.91. The van der Waals surface area contributed by atoms with Gasteiger partial charge in [0.2, 0.25) is 0 Å². The summed E-state index contributed by atoms with van der Waals surface area (Å²) in [5, 5.41) is 4.36. The monoisotopic (exact) mass is 216 g/mol. The molecular weight excluding hydrogens is 200 g/mol. The third-order valence-electron chi connectivity index (χ3n) is 2.16. The van der Waals surface area contributed by atoms with Crippen LogP contribution in [-0.2, 0) is 9.47 Å². The molecule has 2 aliphatic rings. The average molecular weight is 216 g/mol. The molecule has 2 aliphatic heterocycles. The van der Waals surface area contributed by atoms with Gasteiger partial charge in [-0.1, -0.05) is 11.8 Å². The number of nitrogens with zero attached hydrogens (tertiary/aromatic N) is 1. The number of ether oxygens (including phenoxy) is 2. The van der Waals surface area contributed by atoms with Gasteiger partial charge in [-0.15, -0.1) is 0 Å². The predicted molar refractivity (Wildman–Crippen MR) is 57.9 cm³/mol. The zero-order valence-corrected chi connectivity index (χ0v) is 9.02. The largest absolute Gasteiger partial charge is 0.376 e. The van der Waals surface area contributed by atoms with Crippen LogP contribution in [0.3, 0.4) is 0 Å². The lowest BCUT2D eigenvalue weighted by molar-refractivity contribution is -0.0849. The number of aliphatic imine (C=N–C) groups is 1. The second-order valence-electron chi connectivity index (χ2n) is 3.34. The predicted octanol–water partition coefficient (Wildman–Crippen LogP) is 0.484. The van der Waals surface area contributed by atoms with Crippen LogP contribution in [0.2, 0.25) is 0 Å². The summed E-state index contributed by atoms with van der Waals surface area (Å²) < 4.78 is 10.8. The van der Waals surface area contributed by atoms with Crippen LogP contribution in [0.5, 0.6) is 0 Å². The van der Waals surface area contributed by atoms with Crippen molar-refractivity contribution >= 4 is 16.9 Å². The van der Waals surface area contributed by atoms with Gasteiger partial charge in [-0.3, -0.25) is 4.99 Å². The zero-order chi connectivity index (χ0) is 9.64. The van der Waals surface area contributed by atoms with Crippen molar-refractivity contribution in [3.05, 3.63) is 0 Å². The third kappa shape index (κ3) is 3.15. The summed E-state index contributed by atoms with van der Waals surface area (Å²) in [6.07, 6.45) is 1.38. The minimum absolute atomic E-state index is 0.189. The van der Waals surface area contributed by atoms with Crippen molar-refractivity contribution < 1.29 is 9.47 Å². The normalized spacial score (nSPS) is 28.3. The molecule has 14 heavy (non-hydrogen) atoms. The topological polar surface area (TPSA) is 42.9 Å². The summed E-state index contributed by atoms with van der Waals surface area (Å²) in [6, 6.07) is 0. The smallest absolute Gasteiger partial charge is 0.156 e. The van der Waals surface area contributed by atoms with Crippen LogP contribution in [0.25, 0.3) is 0 Å². The van der Waals surface area contributed by atoms with E-state index in [-0.39, 0.29) is 6.10 Å². The van der Waals surface area contributed by atoms with E-state index in [9.17, 15) is 0 Å². The van der Waals surface area contributed by atoms with Crippen molar-refractivity contribution in [2.24, 2.45) is 4.99 Å². The molecule has 2 rings (SSSR count). The van der Waals surface area contributed by atoms with Gasteiger partial charge < -0.3 is 14.8 Å². The van der Waals surface area contributed by atoms with Crippen molar-refractivity contribution in [1.29, 1.82) is 0 Å². The van der Waals surface area contributed by atoms with Gasteiger partial charge in [-0.25, -0.2) is 0 Å². The Labute approximate surface area is 88.4 Å². The molecule has 0 aromatic carbocycles. The second-order valence-corrected chi connectivity index (χ2v) is 4.42. The van der Waals surface area contributed by atoms with E-state index in [1.807, 2.05) is 0 Å². The Hall–Kier alpha value is -0.260. The summed E-state index contributed by atoms with van der Waals surface area (Å²) in [5.74, 6) is 1.17. The van der Waals surface area contributed by atoms with Crippen LogP contribution in [-0.4, -0.2) is 49.9 Å². The molecule has 0 bridgehead atoms. The maximum Gasteiger partial charge on any atom is 0.156 e. The molecule has 1 saturated heterocycles. The summed E-state index contributed by atoms with van der Waals surface area (Å²) in [7, 11) is 0. The molecule has 2 heterocycles. The fraction of sp³-hybridized carbons (Fsp3) is 0.889. The van der Waals surface area contributed by atoms with E-state index >= 15 is 0 Å². The van der Waals surface area contributed by atoms with E-state index in [2.05, 4.69) is 10.3 Å². The number of thioether (sulfide) groups is 1. The van der Waals surface area contributed by atoms with E-state index in [4.69, 9.17) is 9.47 Å². The lowest BCUT2D eigenvalue weighted by atomic mass is 10.3. The summed E-state index contributed by atoms with van der Waals surface area (Å²) >= 11 is 1.79. The van der Waals surface area contributed by atoms with Gasteiger partial charge in [0.25, 0.3) is 0 Å². The average Bonchev–Trinajstić information content (AvgIpc) is 2.29. The zero-order valence-electron chi connectivity index (χ0n) is 8.20. The second kappa shape index (κ2) is 5.58. The Kier molecular flexibility index (Phi) is 4.09. The van der Waals surface area contributed by atoms with Gasteiger partial charge in [0.05, 0.1) is 25.9 Å². The van der Waals surface area contributed by atoms with Crippen molar-refractivity contribution in [3.63, 3.8) is 0 Å². The fourth-order valence-corrected chi connectivity index (χ4v) is 2.26.